The van der Waals surface area contributed by atoms with Gasteiger partial charge in [0.15, 0.2) is 0 Å². The molecule has 4 heteroatoms. The molecule has 0 bridgehead atoms. The molecule has 1 aromatic heterocycles. The average Bonchev–Trinajstić information content (AvgIpc) is 3.66. The van der Waals surface area contributed by atoms with Crippen molar-refractivity contribution in [3.05, 3.63) is 169 Å². The molecule has 11 rings (SSSR count). The van der Waals surface area contributed by atoms with Crippen molar-refractivity contribution >= 4 is 29.1 Å². The summed E-state index contributed by atoms with van der Waals surface area (Å²) in [6, 6.07) is 25.7. The van der Waals surface area contributed by atoms with Crippen LogP contribution in [0.15, 0.2) is 121 Å². The Morgan fingerprint density at radius 3 is 2.40 bits per heavy atom. The van der Waals surface area contributed by atoms with E-state index in [1.807, 2.05) is 11.3 Å². The number of hydrogen-bond donors (Lipinski definition) is 3. The summed E-state index contributed by atoms with van der Waals surface area (Å²) in [4.78, 5) is 1.57. The second-order valence-corrected chi connectivity index (χ2v) is 17.9. The zero-order valence-corrected chi connectivity index (χ0v) is 32.5. The van der Waals surface area contributed by atoms with Crippen LogP contribution in [0.4, 0.5) is 0 Å². The number of nitrogens with one attached hydrogen (secondary N) is 3. The molecule has 2 heterocycles. The van der Waals surface area contributed by atoms with Gasteiger partial charge in [-0.25, -0.2) is 0 Å². The molecule has 6 aliphatic carbocycles. The normalized spacial score (nSPS) is 29.0. The summed E-state index contributed by atoms with van der Waals surface area (Å²) >= 11 is 2.05. The van der Waals surface area contributed by atoms with Crippen molar-refractivity contribution in [3.63, 3.8) is 0 Å². The van der Waals surface area contributed by atoms with Crippen LogP contribution in [0.1, 0.15) is 120 Å². The molecule has 276 valence electrons. The van der Waals surface area contributed by atoms with Crippen molar-refractivity contribution in [1.29, 1.82) is 0 Å². The first-order chi connectivity index (χ1) is 27.3. The van der Waals surface area contributed by atoms with E-state index in [2.05, 4.69) is 143 Å². The van der Waals surface area contributed by atoms with Gasteiger partial charge in [-0.15, -0.1) is 11.3 Å². The molecule has 3 aromatic carbocycles. The van der Waals surface area contributed by atoms with E-state index >= 15 is 0 Å². The first-order valence-electron chi connectivity index (χ1n) is 21.1. The van der Waals surface area contributed by atoms with Gasteiger partial charge in [0.05, 0.1) is 18.5 Å². The minimum Gasteiger partial charge on any atom is -0.282 e. The Morgan fingerprint density at radius 2 is 1.51 bits per heavy atom. The Kier molecular flexibility index (Phi) is 8.84. The average molecular weight is 738 g/mol. The van der Waals surface area contributed by atoms with Gasteiger partial charge in [0.1, 0.15) is 0 Å². The summed E-state index contributed by atoms with van der Waals surface area (Å²) in [6.45, 7) is 0. The van der Waals surface area contributed by atoms with E-state index in [9.17, 15) is 0 Å². The van der Waals surface area contributed by atoms with E-state index < -0.39 is 0 Å². The van der Waals surface area contributed by atoms with Crippen LogP contribution in [-0.2, 0) is 6.42 Å². The number of allylic oxidation sites excluding steroid dienone is 6. The predicted molar refractivity (Wildman–Crippen MR) is 230 cm³/mol. The highest BCUT2D eigenvalue weighted by Gasteiger charge is 2.39. The minimum absolute atomic E-state index is 0.00599. The maximum atomic E-state index is 4.19. The minimum atomic E-state index is 0.00599. The van der Waals surface area contributed by atoms with E-state index in [0.29, 0.717) is 23.7 Å². The Labute approximate surface area is 330 Å². The fourth-order valence-electron chi connectivity index (χ4n) is 10.9. The van der Waals surface area contributed by atoms with Crippen molar-refractivity contribution in [2.75, 3.05) is 0 Å². The van der Waals surface area contributed by atoms with E-state index in [4.69, 9.17) is 0 Å². The summed E-state index contributed by atoms with van der Waals surface area (Å²) in [6.07, 6.45) is 36.2. The van der Waals surface area contributed by atoms with Gasteiger partial charge in [0.25, 0.3) is 0 Å². The zero-order valence-electron chi connectivity index (χ0n) is 31.6. The number of aryl methyl sites for hydroxylation is 1. The van der Waals surface area contributed by atoms with Gasteiger partial charge < -0.3 is 0 Å². The van der Waals surface area contributed by atoms with Crippen molar-refractivity contribution < 1.29 is 0 Å². The molecule has 55 heavy (non-hydrogen) atoms. The molecule has 4 aromatic rings. The van der Waals surface area contributed by atoms with Gasteiger partial charge in [0, 0.05) is 32.4 Å². The summed E-state index contributed by atoms with van der Waals surface area (Å²) in [5.74, 6) is 1.80. The summed E-state index contributed by atoms with van der Waals surface area (Å²) in [5, 5.41) is 13.9. The second-order valence-electron chi connectivity index (χ2n) is 16.8. The van der Waals surface area contributed by atoms with Crippen LogP contribution in [0.3, 0.4) is 0 Å². The van der Waals surface area contributed by atoms with E-state index in [1.54, 1.807) is 16.0 Å². The standard InChI is InChI=1S/C51H51N3S/c1-3-14-32(15-4-1)33-26-28-35(29-27-33)50-52-49(34-16-5-2-6-17-34)53-51(54-50)36-30-43-39-20-8-7-18-37(39)38-19-9-10-21-40(38)47(43)44(31-36)41-23-13-25-46-48(41)42-22-11-12-24-45(42)55-46/h1,3-5,8-11,14-17,19-22,25-26,28,30-31,33,35,37,39,49-54H,2,6-7,12-13,18,23-24,27,29H2. The van der Waals surface area contributed by atoms with Crippen molar-refractivity contribution in [2.45, 2.75) is 100 Å². The monoisotopic (exact) mass is 737 g/mol. The molecule has 3 nitrogen and oxygen atoms in total. The number of benzene rings is 3. The molecule has 0 radical (unpaired) electrons. The van der Waals surface area contributed by atoms with Crippen LogP contribution in [0.2, 0.25) is 0 Å². The van der Waals surface area contributed by atoms with Crippen LogP contribution in [0.5, 0.6) is 0 Å². The van der Waals surface area contributed by atoms with Crippen molar-refractivity contribution in [2.24, 2.45) is 5.92 Å². The molecule has 7 unspecified atom stereocenters. The highest BCUT2D eigenvalue weighted by atomic mass is 32.1. The third-order valence-corrected chi connectivity index (χ3v) is 14.9. The number of hydrogen-bond acceptors (Lipinski definition) is 4. The zero-order chi connectivity index (χ0) is 36.3. The highest BCUT2D eigenvalue weighted by Crippen LogP contribution is 2.54. The summed E-state index contributed by atoms with van der Waals surface area (Å²) in [5.41, 5.74) is 14.7. The van der Waals surface area contributed by atoms with Crippen LogP contribution < -0.4 is 25.7 Å². The van der Waals surface area contributed by atoms with Gasteiger partial charge in [0.2, 0.25) is 0 Å². The molecular formula is C51H51N3S. The van der Waals surface area contributed by atoms with Crippen LogP contribution in [0, 0.1) is 5.92 Å². The smallest absolute Gasteiger partial charge is 0.0862 e. The Balaban J connectivity index is 1.07. The third kappa shape index (κ3) is 6.05. The number of fused-ring (bicyclic) bond motifs is 9. The molecule has 1 aliphatic heterocycles. The third-order valence-electron chi connectivity index (χ3n) is 13.6. The van der Waals surface area contributed by atoms with Crippen molar-refractivity contribution in [1.82, 2.24) is 16.0 Å². The van der Waals surface area contributed by atoms with Gasteiger partial charge >= 0.3 is 0 Å². The summed E-state index contributed by atoms with van der Waals surface area (Å²) in [7, 11) is 0. The van der Waals surface area contributed by atoms with E-state index in [1.165, 1.54) is 67.1 Å². The lowest BCUT2D eigenvalue weighted by atomic mass is 9.66. The van der Waals surface area contributed by atoms with Gasteiger partial charge in [-0.05, 0) is 132 Å². The first-order valence-corrected chi connectivity index (χ1v) is 21.9. The fourth-order valence-corrected chi connectivity index (χ4v) is 12.2. The fraction of sp³-hybridized carbons (Fsp3) is 0.333. The molecular weight excluding hydrogens is 687 g/mol. The Hall–Kier alpha value is -4.32. The molecule has 1 saturated heterocycles. The highest BCUT2D eigenvalue weighted by molar-refractivity contribution is 7.10. The van der Waals surface area contributed by atoms with E-state index in [-0.39, 0.29) is 18.5 Å². The van der Waals surface area contributed by atoms with E-state index in [0.717, 1.165) is 51.4 Å². The molecule has 7 aliphatic rings. The molecule has 0 saturated carbocycles. The van der Waals surface area contributed by atoms with Crippen LogP contribution >= 0.6 is 11.3 Å². The molecule has 3 N–H and O–H groups in total. The Bertz CT molecular complexity index is 2420. The Morgan fingerprint density at radius 1 is 0.618 bits per heavy atom. The lowest BCUT2D eigenvalue weighted by Gasteiger charge is -2.44. The van der Waals surface area contributed by atoms with Gasteiger partial charge in [-0.3, -0.25) is 16.0 Å². The SMILES string of the molecule is C1=CC(C2NC(c3cc(C4=c5c6c(sc5=CCC4)CCC=C6)c4c(c3)C3C=CCCC3c3ccccc3-4)NC(C3C=CC(c4ccccc4)CC3)N2)=CCC1. The second kappa shape index (κ2) is 14.3. The maximum absolute atomic E-state index is 4.19. The topological polar surface area (TPSA) is 36.1 Å². The van der Waals surface area contributed by atoms with Crippen LogP contribution in [0.25, 0.3) is 28.9 Å². The number of thiophene rings is 1. The summed E-state index contributed by atoms with van der Waals surface area (Å²) < 4.78 is 1.49. The molecule has 1 fully saturated rings. The quantitative estimate of drug-likeness (QED) is 0.179. The van der Waals surface area contributed by atoms with Gasteiger partial charge in [-0.1, -0.05) is 121 Å². The van der Waals surface area contributed by atoms with Crippen LogP contribution in [-0.4, -0.2) is 12.3 Å². The largest absolute Gasteiger partial charge is 0.282 e. The lowest BCUT2D eigenvalue weighted by Crippen LogP contribution is -2.65. The first kappa shape index (κ1) is 34.0. The molecule has 7 atom stereocenters. The van der Waals surface area contributed by atoms with Crippen molar-refractivity contribution in [3.8, 4) is 11.1 Å². The lowest BCUT2D eigenvalue weighted by molar-refractivity contribution is 0.179. The van der Waals surface area contributed by atoms with Gasteiger partial charge in [-0.2, -0.15) is 0 Å². The predicted octanol–water partition coefficient (Wildman–Crippen LogP) is 10.1. The maximum Gasteiger partial charge on any atom is 0.0862 e. The molecule has 0 amide bonds. The molecule has 0 spiro atoms. The number of rotatable bonds is 5.